The van der Waals surface area contributed by atoms with Gasteiger partial charge in [0.2, 0.25) is 0 Å². The Balaban J connectivity index is 1.50. The van der Waals surface area contributed by atoms with Gasteiger partial charge in [0.15, 0.2) is 0 Å². The SMILES string of the molecule is C[C@@H]1Cc2c([nH]c3ccccc23)[C@@H](c2c(F)cc(N[C@H]3C[C@H](C)N(CCCF)C3)cc2F)N1CC(F)(F)F. The van der Waals surface area contributed by atoms with E-state index in [1.54, 1.807) is 13.0 Å². The summed E-state index contributed by atoms with van der Waals surface area (Å²) in [5, 5.41) is 4.02. The molecule has 0 saturated carbocycles. The normalized spacial score (nSPS) is 24.7. The van der Waals surface area contributed by atoms with Crippen LogP contribution in [-0.4, -0.2) is 65.4 Å². The summed E-state index contributed by atoms with van der Waals surface area (Å²) in [6, 6.07) is 7.92. The Labute approximate surface area is 218 Å². The van der Waals surface area contributed by atoms with Crippen molar-refractivity contribution in [3.63, 3.8) is 0 Å². The van der Waals surface area contributed by atoms with Crippen molar-refractivity contribution in [1.82, 2.24) is 14.8 Å². The second kappa shape index (κ2) is 10.4. The number of benzene rings is 2. The van der Waals surface area contributed by atoms with Gasteiger partial charge in [-0.1, -0.05) is 18.2 Å². The molecule has 0 spiro atoms. The van der Waals surface area contributed by atoms with Gasteiger partial charge < -0.3 is 10.3 Å². The molecule has 3 heterocycles. The molecule has 0 bridgehead atoms. The Kier molecular flexibility index (Phi) is 7.39. The number of hydrogen-bond donors (Lipinski definition) is 2. The second-order valence-corrected chi connectivity index (χ2v) is 10.6. The van der Waals surface area contributed by atoms with Gasteiger partial charge in [-0.2, -0.15) is 13.2 Å². The molecule has 0 radical (unpaired) electrons. The Morgan fingerprint density at radius 2 is 1.76 bits per heavy atom. The lowest BCUT2D eigenvalue weighted by Crippen LogP contribution is -2.47. The average Bonchev–Trinajstić information content (AvgIpc) is 3.37. The number of halogens is 6. The van der Waals surface area contributed by atoms with Crippen molar-refractivity contribution in [2.24, 2.45) is 0 Å². The molecule has 10 heteroatoms. The van der Waals surface area contributed by atoms with Crippen LogP contribution in [0.4, 0.5) is 32.0 Å². The summed E-state index contributed by atoms with van der Waals surface area (Å²) in [5.41, 5.74) is 1.72. The summed E-state index contributed by atoms with van der Waals surface area (Å²) in [6.45, 7) is 3.22. The zero-order valence-corrected chi connectivity index (χ0v) is 21.4. The summed E-state index contributed by atoms with van der Waals surface area (Å²) in [7, 11) is 0. The monoisotopic (exact) mass is 538 g/mol. The van der Waals surface area contributed by atoms with E-state index >= 15 is 8.78 Å². The smallest absolute Gasteiger partial charge is 0.381 e. The predicted octanol–water partition coefficient (Wildman–Crippen LogP) is 6.58. The molecule has 1 aromatic heterocycles. The van der Waals surface area contributed by atoms with Gasteiger partial charge in [0.25, 0.3) is 0 Å². The molecule has 2 N–H and O–H groups in total. The third kappa shape index (κ3) is 5.25. The van der Waals surface area contributed by atoms with Crippen LogP contribution in [0.5, 0.6) is 0 Å². The molecule has 0 aliphatic carbocycles. The van der Waals surface area contributed by atoms with Crippen LogP contribution in [0, 0.1) is 11.6 Å². The fraction of sp³-hybridized carbons (Fsp3) is 0.500. The molecule has 0 amide bonds. The number of alkyl halides is 4. The Morgan fingerprint density at radius 1 is 1.05 bits per heavy atom. The van der Waals surface area contributed by atoms with Crippen LogP contribution in [-0.2, 0) is 6.42 Å². The van der Waals surface area contributed by atoms with Crippen molar-refractivity contribution in [3.8, 4) is 0 Å². The van der Waals surface area contributed by atoms with E-state index in [1.807, 2.05) is 25.1 Å². The van der Waals surface area contributed by atoms with Gasteiger partial charge in [-0.15, -0.1) is 0 Å². The Hall–Kier alpha value is -2.72. The number of nitrogens with zero attached hydrogens (tertiary/aromatic N) is 2. The molecule has 5 rings (SSSR count). The van der Waals surface area contributed by atoms with Crippen LogP contribution in [0.15, 0.2) is 36.4 Å². The first kappa shape index (κ1) is 26.9. The third-order valence-corrected chi connectivity index (χ3v) is 7.89. The van der Waals surface area contributed by atoms with E-state index in [2.05, 4.69) is 15.2 Å². The number of fused-ring (bicyclic) bond motifs is 3. The third-order valence-electron chi connectivity index (χ3n) is 7.89. The van der Waals surface area contributed by atoms with Gasteiger partial charge in [0.1, 0.15) is 11.6 Å². The second-order valence-electron chi connectivity index (χ2n) is 10.6. The molecular weight excluding hydrogens is 506 g/mol. The van der Waals surface area contributed by atoms with Gasteiger partial charge in [0, 0.05) is 59.1 Å². The van der Waals surface area contributed by atoms with E-state index in [-0.39, 0.29) is 17.8 Å². The van der Waals surface area contributed by atoms with E-state index in [4.69, 9.17) is 0 Å². The molecule has 2 aromatic carbocycles. The maximum atomic E-state index is 15.7. The standard InChI is InChI=1S/C28H32F6N4/c1-16-10-19(14-37(16)9-5-8-29)35-18-12-22(30)25(23(31)13-18)27-26-21(20-6-3-4-7-24(20)36-26)11-17(2)38(27)15-28(32,33)34/h3-4,6-7,12-13,16-17,19,27,35-36H,5,8-11,14-15H2,1-2H3/t16-,17+,19-,27+/m0/s1. The molecule has 3 aromatic rings. The molecule has 4 atom stereocenters. The molecule has 2 aliphatic rings. The number of hydrogen-bond acceptors (Lipinski definition) is 3. The number of nitrogens with one attached hydrogen (secondary N) is 2. The van der Waals surface area contributed by atoms with Crippen LogP contribution < -0.4 is 5.32 Å². The van der Waals surface area contributed by atoms with Crippen molar-refractivity contribution in [3.05, 3.63) is 64.9 Å². The number of anilines is 1. The van der Waals surface area contributed by atoms with Crippen LogP contribution in [0.3, 0.4) is 0 Å². The molecule has 206 valence electrons. The average molecular weight is 539 g/mol. The number of aromatic amines is 1. The molecular formula is C28H32F6N4. The molecule has 2 aliphatic heterocycles. The lowest BCUT2D eigenvalue weighted by atomic mass is 9.88. The summed E-state index contributed by atoms with van der Waals surface area (Å²) in [5.74, 6) is -1.80. The molecule has 1 fully saturated rings. The van der Waals surface area contributed by atoms with Crippen LogP contribution in [0.2, 0.25) is 0 Å². The highest BCUT2D eigenvalue weighted by Crippen LogP contribution is 2.44. The Bertz CT molecular complexity index is 1270. The minimum Gasteiger partial charge on any atom is -0.381 e. The Morgan fingerprint density at radius 3 is 2.45 bits per heavy atom. The highest BCUT2D eigenvalue weighted by molar-refractivity contribution is 5.85. The van der Waals surface area contributed by atoms with Crippen molar-refractivity contribution < 1.29 is 26.3 Å². The number of para-hydroxylation sites is 1. The van der Waals surface area contributed by atoms with Crippen LogP contribution in [0.1, 0.15) is 49.6 Å². The summed E-state index contributed by atoms with van der Waals surface area (Å²) >= 11 is 0. The largest absolute Gasteiger partial charge is 0.401 e. The van der Waals surface area contributed by atoms with Crippen molar-refractivity contribution >= 4 is 16.6 Å². The quantitative estimate of drug-likeness (QED) is 0.334. The van der Waals surface area contributed by atoms with E-state index in [1.165, 1.54) is 12.1 Å². The van der Waals surface area contributed by atoms with E-state index in [9.17, 15) is 17.6 Å². The van der Waals surface area contributed by atoms with Gasteiger partial charge in [-0.3, -0.25) is 14.2 Å². The fourth-order valence-corrected chi connectivity index (χ4v) is 6.21. The minimum absolute atomic E-state index is 0.0778. The summed E-state index contributed by atoms with van der Waals surface area (Å²) < 4.78 is 85.0. The zero-order valence-electron chi connectivity index (χ0n) is 21.4. The zero-order chi connectivity index (χ0) is 27.2. The first-order valence-corrected chi connectivity index (χ1v) is 13.0. The van der Waals surface area contributed by atoms with Crippen LogP contribution in [0.25, 0.3) is 10.9 Å². The van der Waals surface area contributed by atoms with Crippen molar-refractivity contribution in [2.45, 2.75) is 63.5 Å². The molecule has 4 nitrogen and oxygen atoms in total. The topological polar surface area (TPSA) is 34.3 Å². The fourth-order valence-electron chi connectivity index (χ4n) is 6.21. The highest BCUT2D eigenvalue weighted by Gasteiger charge is 2.44. The van der Waals surface area contributed by atoms with E-state index in [0.717, 1.165) is 27.8 Å². The molecule has 38 heavy (non-hydrogen) atoms. The molecule has 0 unspecified atom stereocenters. The first-order chi connectivity index (χ1) is 18.1. The number of H-pyrrole nitrogens is 1. The van der Waals surface area contributed by atoms with Gasteiger partial charge in [0.05, 0.1) is 19.3 Å². The highest BCUT2D eigenvalue weighted by atomic mass is 19.4. The van der Waals surface area contributed by atoms with Crippen molar-refractivity contribution in [2.75, 3.05) is 31.6 Å². The predicted molar refractivity (Wildman–Crippen MR) is 136 cm³/mol. The molecule has 1 saturated heterocycles. The van der Waals surface area contributed by atoms with Crippen LogP contribution >= 0.6 is 0 Å². The summed E-state index contributed by atoms with van der Waals surface area (Å²) in [6.07, 6.45) is -3.06. The maximum Gasteiger partial charge on any atom is 0.401 e. The lowest BCUT2D eigenvalue weighted by molar-refractivity contribution is -0.155. The maximum absolute atomic E-state index is 15.7. The minimum atomic E-state index is -4.54. The number of rotatable bonds is 7. The lowest BCUT2D eigenvalue weighted by Gasteiger charge is -2.41. The van der Waals surface area contributed by atoms with Gasteiger partial charge in [-0.05, 0) is 56.9 Å². The van der Waals surface area contributed by atoms with Gasteiger partial charge >= 0.3 is 6.18 Å². The summed E-state index contributed by atoms with van der Waals surface area (Å²) in [4.78, 5) is 6.43. The number of likely N-dealkylation sites (tertiary alicyclic amines) is 1. The first-order valence-electron chi connectivity index (χ1n) is 13.0. The van der Waals surface area contributed by atoms with Gasteiger partial charge in [-0.25, -0.2) is 8.78 Å². The van der Waals surface area contributed by atoms with Crippen molar-refractivity contribution in [1.29, 1.82) is 0 Å². The van der Waals surface area contributed by atoms with E-state index in [0.29, 0.717) is 31.6 Å². The number of aromatic nitrogens is 1. The van der Waals surface area contributed by atoms with E-state index < -0.39 is 48.7 Å².